The highest BCUT2D eigenvalue weighted by atomic mass is 16.5. The zero-order valence-electron chi connectivity index (χ0n) is 13.2. The lowest BCUT2D eigenvalue weighted by Gasteiger charge is -2.33. The molecule has 0 atom stereocenters. The molecule has 2 fully saturated rings. The molecule has 0 aliphatic heterocycles. The summed E-state index contributed by atoms with van der Waals surface area (Å²) in [5.74, 6) is 3.07. The highest BCUT2D eigenvalue weighted by Crippen LogP contribution is 2.37. The van der Waals surface area contributed by atoms with Gasteiger partial charge in [0.2, 0.25) is 0 Å². The number of hydrogen-bond donors (Lipinski definition) is 0. The van der Waals surface area contributed by atoms with E-state index in [1.54, 1.807) is 0 Å². The third-order valence-electron chi connectivity index (χ3n) is 5.45. The van der Waals surface area contributed by atoms with Crippen molar-refractivity contribution in [3.63, 3.8) is 0 Å². The fraction of sp³-hybridized carbons (Fsp3) is 1.00. The summed E-state index contributed by atoms with van der Waals surface area (Å²) in [4.78, 5) is 0. The van der Waals surface area contributed by atoms with E-state index in [4.69, 9.17) is 4.74 Å². The van der Waals surface area contributed by atoms with Crippen LogP contribution < -0.4 is 0 Å². The maximum Gasteiger partial charge on any atom is 0.0575 e. The summed E-state index contributed by atoms with van der Waals surface area (Å²) in [6, 6.07) is 0. The Labute approximate surface area is 120 Å². The van der Waals surface area contributed by atoms with E-state index in [1.165, 1.54) is 70.6 Å². The smallest absolute Gasteiger partial charge is 0.0575 e. The van der Waals surface area contributed by atoms with Crippen LogP contribution >= 0.6 is 0 Å². The first kappa shape index (κ1) is 15.4. The van der Waals surface area contributed by atoms with Crippen LogP contribution in [0.15, 0.2) is 0 Å². The number of unbranched alkanes of at least 4 members (excludes halogenated alkanes) is 1. The molecule has 112 valence electrons. The lowest BCUT2D eigenvalue weighted by atomic mass is 9.75. The normalized spacial score (nSPS) is 36.3. The second-order valence-corrected chi connectivity index (χ2v) is 7.23. The molecule has 0 radical (unpaired) electrons. The Balaban J connectivity index is 1.58. The molecule has 0 aromatic rings. The molecule has 0 spiro atoms. The average molecular weight is 266 g/mol. The van der Waals surface area contributed by atoms with Crippen molar-refractivity contribution in [3.05, 3.63) is 0 Å². The minimum absolute atomic E-state index is 0.592. The lowest BCUT2D eigenvalue weighted by Crippen LogP contribution is -2.24. The summed E-state index contributed by atoms with van der Waals surface area (Å²) >= 11 is 0. The van der Waals surface area contributed by atoms with Crippen molar-refractivity contribution in [2.24, 2.45) is 17.8 Å². The van der Waals surface area contributed by atoms with Crippen LogP contribution in [0.5, 0.6) is 0 Å². The van der Waals surface area contributed by atoms with Crippen LogP contribution in [0.2, 0.25) is 0 Å². The molecule has 2 saturated carbocycles. The van der Waals surface area contributed by atoms with Crippen LogP contribution in [0.3, 0.4) is 0 Å². The molecule has 2 aliphatic carbocycles. The largest absolute Gasteiger partial charge is 0.378 e. The second-order valence-electron chi connectivity index (χ2n) is 7.23. The van der Waals surface area contributed by atoms with E-state index in [0.29, 0.717) is 6.10 Å². The van der Waals surface area contributed by atoms with Gasteiger partial charge < -0.3 is 4.74 Å². The Kier molecular flexibility index (Phi) is 6.70. The van der Waals surface area contributed by atoms with Crippen LogP contribution in [0, 0.1) is 17.8 Å². The third kappa shape index (κ3) is 5.45. The number of rotatable bonds is 6. The molecule has 0 unspecified atom stereocenters. The Bertz CT molecular complexity index is 222. The minimum atomic E-state index is 0.592. The van der Waals surface area contributed by atoms with Gasteiger partial charge in [-0.2, -0.15) is 0 Å². The fourth-order valence-corrected chi connectivity index (χ4v) is 3.96. The zero-order chi connectivity index (χ0) is 13.5. The first-order chi connectivity index (χ1) is 9.28. The summed E-state index contributed by atoms with van der Waals surface area (Å²) in [5, 5.41) is 0. The van der Waals surface area contributed by atoms with Crippen LogP contribution in [0.1, 0.15) is 84.5 Å². The van der Waals surface area contributed by atoms with Crippen molar-refractivity contribution in [2.45, 2.75) is 90.6 Å². The first-order valence-corrected chi connectivity index (χ1v) is 8.89. The number of hydrogen-bond acceptors (Lipinski definition) is 1. The van der Waals surface area contributed by atoms with Gasteiger partial charge in [0.25, 0.3) is 0 Å². The Morgan fingerprint density at radius 2 is 1.42 bits per heavy atom. The molecule has 2 rings (SSSR count). The molecule has 19 heavy (non-hydrogen) atoms. The van der Waals surface area contributed by atoms with Gasteiger partial charge in [0.1, 0.15) is 0 Å². The Hall–Kier alpha value is -0.0400. The molecule has 1 heteroatoms. The fourth-order valence-electron chi connectivity index (χ4n) is 3.96. The van der Waals surface area contributed by atoms with Crippen molar-refractivity contribution in [2.75, 3.05) is 6.61 Å². The van der Waals surface area contributed by atoms with Crippen LogP contribution in [-0.2, 0) is 4.74 Å². The maximum atomic E-state index is 5.98. The predicted octanol–water partition coefficient (Wildman–Crippen LogP) is 5.58. The molecule has 0 saturated heterocycles. The summed E-state index contributed by atoms with van der Waals surface area (Å²) in [5.41, 5.74) is 0. The van der Waals surface area contributed by atoms with Gasteiger partial charge in [-0.25, -0.2) is 0 Å². The minimum Gasteiger partial charge on any atom is -0.378 e. The van der Waals surface area contributed by atoms with Crippen molar-refractivity contribution < 1.29 is 4.74 Å². The quantitative estimate of drug-likeness (QED) is 0.570. The summed E-state index contributed by atoms with van der Waals surface area (Å²) in [6.45, 7) is 5.66. The third-order valence-corrected chi connectivity index (χ3v) is 5.45. The van der Waals surface area contributed by atoms with E-state index < -0.39 is 0 Å². The van der Waals surface area contributed by atoms with Gasteiger partial charge in [-0.1, -0.05) is 46.0 Å². The molecule has 1 nitrogen and oxygen atoms in total. The topological polar surface area (TPSA) is 9.23 Å². The van der Waals surface area contributed by atoms with Crippen LogP contribution in [0.4, 0.5) is 0 Å². The monoisotopic (exact) mass is 266 g/mol. The van der Waals surface area contributed by atoms with Gasteiger partial charge in [-0.3, -0.25) is 0 Å². The molecular weight excluding hydrogens is 232 g/mol. The molecule has 0 aromatic heterocycles. The van der Waals surface area contributed by atoms with Gasteiger partial charge in [0.15, 0.2) is 0 Å². The summed E-state index contributed by atoms with van der Waals surface area (Å²) < 4.78 is 5.98. The highest BCUT2D eigenvalue weighted by molar-refractivity contribution is 4.78. The second kappa shape index (κ2) is 8.29. The van der Waals surface area contributed by atoms with E-state index >= 15 is 0 Å². The van der Waals surface area contributed by atoms with Gasteiger partial charge in [-0.05, 0) is 56.3 Å². The zero-order valence-corrected chi connectivity index (χ0v) is 13.2. The predicted molar refractivity (Wildman–Crippen MR) is 82.3 cm³/mol. The van der Waals surface area contributed by atoms with Crippen LogP contribution in [0.25, 0.3) is 0 Å². The molecule has 0 aromatic carbocycles. The molecule has 0 amide bonds. The molecule has 0 N–H and O–H groups in total. The van der Waals surface area contributed by atoms with Crippen LogP contribution in [-0.4, -0.2) is 12.7 Å². The van der Waals surface area contributed by atoms with E-state index in [1.807, 2.05) is 0 Å². The lowest BCUT2D eigenvalue weighted by molar-refractivity contribution is 0.0133. The van der Waals surface area contributed by atoms with E-state index in [0.717, 1.165) is 24.4 Å². The molecule has 0 heterocycles. The summed E-state index contributed by atoms with van der Waals surface area (Å²) in [6.07, 6.45) is 16.1. The SMILES string of the molecule is CCCCOC1CCC(CC2CCC(C)CC2)CC1. The van der Waals surface area contributed by atoms with Gasteiger partial charge >= 0.3 is 0 Å². The van der Waals surface area contributed by atoms with Crippen molar-refractivity contribution >= 4 is 0 Å². The summed E-state index contributed by atoms with van der Waals surface area (Å²) in [7, 11) is 0. The van der Waals surface area contributed by atoms with Crippen molar-refractivity contribution in [3.8, 4) is 0 Å². The van der Waals surface area contributed by atoms with Crippen molar-refractivity contribution in [1.82, 2.24) is 0 Å². The Morgan fingerprint density at radius 1 is 0.842 bits per heavy atom. The van der Waals surface area contributed by atoms with Gasteiger partial charge in [-0.15, -0.1) is 0 Å². The van der Waals surface area contributed by atoms with E-state index in [9.17, 15) is 0 Å². The average Bonchev–Trinajstić information content (AvgIpc) is 2.44. The molecule has 0 bridgehead atoms. The molecule has 2 aliphatic rings. The highest BCUT2D eigenvalue weighted by Gasteiger charge is 2.26. The van der Waals surface area contributed by atoms with E-state index in [2.05, 4.69) is 13.8 Å². The van der Waals surface area contributed by atoms with Gasteiger partial charge in [0.05, 0.1) is 6.10 Å². The molecular formula is C18H34O. The maximum absolute atomic E-state index is 5.98. The van der Waals surface area contributed by atoms with E-state index in [-0.39, 0.29) is 0 Å². The van der Waals surface area contributed by atoms with Gasteiger partial charge in [0, 0.05) is 6.61 Å². The standard InChI is InChI=1S/C18H34O/c1-3-4-13-19-18-11-9-17(10-12-18)14-16-7-5-15(2)6-8-16/h15-18H,3-14H2,1-2H3. The first-order valence-electron chi connectivity index (χ1n) is 8.89. The Morgan fingerprint density at radius 3 is 2.00 bits per heavy atom. The van der Waals surface area contributed by atoms with Crippen molar-refractivity contribution in [1.29, 1.82) is 0 Å². The number of ether oxygens (including phenoxy) is 1.